The molecule has 0 fully saturated rings. The quantitative estimate of drug-likeness (QED) is 0.743. The summed E-state index contributed by atoms with van der Waals surface area (Å²) in [5.41, 5.74) is 7.82. The van der Waals surface area contributed by atoms with Gasteiger partial charge in [0.25, 0.3) is 0 Å². The van der Waals surface area contributed by atoms with Gasteiger partial charge in [-0.3, -0.25) is 0 Å². The Morgan fingerprint density at radius 1 is 1.57 bits per heavy atom. The highest BCUT2D eigenvalue weighted by atomic mass is 15.0. The molecule has 0 radical (unpaired) electrons. The van der Waals surface area contributed by atoms with Gasteiger partial charge >= 0.3 is 0 Å². The number of pyridine rings is 1. The van der Waals surface area contributed by atoms with Crippen LogP contribution in [0.25, 0.3) is 0 Å². The van der Waals surface area contributed by atoms with E-state index in [1.807, 2.05) is 19.9 Å². The lowest BCUT2D eigenvalue weighted by molar-refractivity contribution is 1.00. The SMILES string of the molecule is Cc1cc(C)c(C#N)c(NCCN)n1. The summed E-state index contributed by atoms with van der Waals surface area (Å²) in [7, 11) is 0. The van der Waals surface area contributed by atoms with E-state index in [0.717, 1.165) is 11.3 Å². The van der Waals surface area contributed by atoms with Gasteiger partial charge in [-0.1, -0.05) is 0 Å². The van der Waals surface area contributed by atoms with Gasteiger partial charge in [-0.05, 0) is 25.5 Å². The summed E-state index contributed by atoms with van der Waals surface area (Å²) in [4.78, 5) is 4.25. The molecule has 0 amide bonds. The summed E-state index contributed by atoms with van der Waals surface area (Å²) in [6, 6.07) is 4.03. The lowest BCUT2D eigenvalue weighted by atomic mass is 10.1. The van der Waals surface area contributed by atoms with Crippen LogP contribution in [0.15, 0.2) is 6.07 Å². The molecular formula is C10H14N4. The van der Waals surface area contributed by atoms with Crippen LogP contribution in [0.3, 0.4) is 0 Å². The Kier molecular flexibility index (Phi) is 3.43. The molecule has 3 N–H and O–H groups in total. The first kappa shape index (κ1) is 10.5. The van der Waals surface area contributed by atoms with Crippen molar-refractivity contribution in [2.24, 2.45) is 5.73 Å². The minimum absolute atomic E-state index is 0.527. The average molecular weight is 190 g/mol. The monoisotopic (exact) mass is 190 g/mol. The Morgan fingerprint density at radius 3 is 2.86 bits per heavy atom. The summed E-state index contributed by atoms with van der Waals surface area (Å²) in [6.45, 7) is 4.97. The number of hydrogen-bond acceptors (Lipinski definition) is 4. The smallest absolute Gasteiger partial charge is 0.144 e. The third kappa shape index (κ3) is 2.21. The molecule has 0 spiro atoms. The van der Waals surface area contributed by atoms with Crippen LogP contribution in [-0.2, 0) is 0 Å². The van der Waals surface area contributed by atoms with Crippen LogP contribution in [0.4, 0.5) is 5.82 Å². The molecule has 74 valence electrons. The van der Waals surface area contributed by atoms with E-state index < -0.39 is 0 Å². The van der Waals surface area contributed by atoms with E-state index >= 15 is 0 Å². The summed E-state index contributed by atoms with van der Waals surface area (Å²) >= 11 is 0. The van der Waals surface area contributed by atoms with Crippen LogP contribution >= 0.6 is 0 Å². The number of nitrogens with two attached hydrogens (primary N) is 1. The summed E-state index contributed by atoms with van der Waals surface area (Å²) < 4.78 is 0. The molecule has 0 aliphatic rings. The third-order valence-corrected chi connectivity index (χ3v) is 1.89. The zero-order valence-electron chi connectivity index (χ0n) is 8.46. The fraction of sp³-hybridized carbons (Fsp3) is 0.400. The maximum atomic E-state index is 8.93. The first-order valence-corrected chi connectivity index (χ1v) is 4.51. The third-order valence-electron chi connectivity index (χ3n) is 1.89. The Balaban J connectivity index is 3.07. The van der Waals surface area contributed by atoms with Crippen LogP contribution in [0, 0.1) is 25.2 Å². The second-order valence-electron chi connectivity index (χ2n) is 3.13. The number of anilines is 1. The van der Waals surface area contributed by atoms with Crippen molar-refractivity contribution in [3.8, 4) is 6.07 Å². The Morgan fingerprint density at radius 2 is 2.29 bits per heavy atom. The van der Waals surface area contributed by atoms with E-state index in [4.69, 9.17) is 11.0 Å². The highest BCUT2D eigenvalue weighted by Gasteiger charge is 2.06. The lowest BCUT2D eigenvalue weighted by Gasteiger charge is -2.08. The van der Waals surface area contributed by atoms with Gasteiger partial charge in [0.2, 0.25) is 0 Å². The highest BCUT2D eigenvalue weighted by molar-refractivity contribution is 5.56. The molecule has 0 aliphatic carbocycles. The van der Waals surface area contributed by atoms with Gasteiger partial charge in [0, 0.05) is 18.8 Å². The Hall–Kier alpha value is -1.60. The molecule has 1 rings (SSSR count). The zero-order valence-corrected chi connectivity index (χ0v) is 8.46. The van der Waals surface area contributed by atoms with Crippen LogP contribution in [0.5, 0.6) is 0 Å². The number of rotatable bonds is 3. The molecule has 0 aliphatic heterocycles. The number of nitrogens with zero attached hydrogens (tertiary/aromatic N) is 2. The van der Waals surface area contributed by atoms with Crippen LogP contribution in [0.2, 0.25) is 0 Å². The van der Waals surface area contributed by atoms with Crippen molar-refractivity contribution in [2.45, 2.75) is 13.8 Å². The van der Waals surface area contributed by atoms with Crippen molar-refractivity contribution < 1.29 is 0 Å². The summed E-state index contributed by atoms with van der Waals surface area (Å²) in [6.07, 6.45) is 0. The highest BCUT2D eigenvalue weighted by Crippen LogP contribution is 2.16. The van der Waals surface area contributed by atoms with Crippen molar-refractivity contribution in [1.82, 2.24) is 4.98 Å². The molecule has 4 nitrogen and oxygen atoms in total. The molecule has 1 heterocycles. The van der Waals surface area contributed by atoms with Gasteiger partial charge < -0.3 is 11.1 Å². The molecule has 0 aromatic carbocycles. The molecule has 0 saturated heterocycles. The molecule has 1 aromatic heterocycles. The van der Waals surface area contributed by atoms with Gasteiger partial charge in [0.05, 0.1) is 5.56 Å². The van der Waals surface area contributed by atoms with Crippen LogP contribution < -0.4 is 11.1 Å². The van der Waals surface area contributed by atoms with Gasteiger partial charge in [-0.2, -0.15) is 5.26 Å². The first-order chi connectivity index (χ1) is 6.69. The summed E-state index contributed by atoms with van der Waals surface area (Å²) in [5, 5.41) is 12.0. The number of nitriles is 1. The first-order valence-electron chi connectivity index (χ1n) is 4.51. The zero-order chi connectivity index (χ0) is 10.6. The van der Waals surface area contributed by atoms with E-state index in [-0.39, 0.29) is 0 Å². The topological polar surface area (TPSA) is 74.7 Å². The second-order valence-corrected chi connectivity index (χ2v) is 3.13. The second kappa shape index (κ2) is 4.58. The number of hydrogen-bond donors (Lipinski definition) is 2. The van der Waals surface area contributed by atoms with E-state index in [1.165, 1.54) is 0 Å². The normalized spacial score (nSPS) is 9.57. The molecule has 0 atom stereocenters. The summed E-state index contributed by atoms with van der Waals surface area (Å²) in [5.74, 6) is 0.635. The van der Waals surface area contributed by atoms with E-state index in [9.17, 15) is 0 Å². The predicted octanol–water partition coefficient (Wildman–Crippen LogP) is 0.941. The number of aromatic nitrogens is 1. The van der Waals surface area contributed by atoms with Crippen LogP contribution in [0.1, 0.15) is 16.8 Å². The molecule has 0 unspecified atom stereocenters. The van der Waals surface area contributed by atoms with E-state index in [0.29, 0.717) is 24.5 Å². The molecule has 0 bridgehead atoms. The molecule has 14 heavy (non-hydrogen) atoms. The van der Waals surface area contributed by atoms with Gasteiger partial charge in [-0.25, -0.2) is 4.98 Å². The van der Waals surface area contributed by atoms with Gasteiger partial charge in [-0.15, -0.1) is 0 Å². The van der Waals surface area contributed by atoms with E-state index in [2.05, 4.69) is 16.4 Å². The standard InChI is InChI=1S/C10H14N4/c1-7-5-8(2)14-10(9(7)6-12)13-4-3-11/h5H,3-4,11H2,1-2H3,(H,13,14). The maximum absolute atomic E-state index is 8.93. The average Bonchev–Trinajstić information content (AvgIpc) is 2.14. The fourth-order valence-electron chi connectivity index (χ4n) is 1.30. The van der Waals surface area contributed by atoms with Crippen molar-refractivity contribution in [1.29, 1.82) is 5.26 Å². The molecular weight excluding hydrogens is 176 g/mol. The number of nitrogens with one attached hydrogen (secondary N) is 1. The van der Waals surface area contributed by atoms with Gasteiger partial charge in [0.15, 0.2) is 0 Å². The number of aryl methyl sites for hydroxylation is 2. The largest absolute Gasteiger partial charge is 0.368 e. The maximum Gasteiger partial charge on any atom is 0.144 e. The van der Waals surface area contributed by atoms with Crippen molar-refractivity contribution in [2.75, 3.05) is 18.4 Å². The van der Waals surface area contributed by atoms with Crippen molar-refractivity contribution >= 4 is 5.82 Å². The fourth-order valence-corrected chi connectivity index (χ4v) is 1.30. The molecule has 1 aromatic rings. The van der Waals surface area contributed by atoms with Crippen LogP contribution in [-0.4, -0.2) is 18.1 Å². The minimum atomic E-state index is 0.527. The van der Waals surface area contributed by atoms with Crippen molar-refractivity contribution in [3.05, 3.63) is 22.9 Å². The van der Waals surface area contributed by atoms with E-state index in [1.54, 1.807) is 0 Å². The molecule has 0 saturated carbocycles. The van der Waals surface area contributed by atoms with Gasteiger partial charge in [0.1, 0.15) is 11.9 Å². The molecule has 4 heteroatoms. The lowest BCUT2D eigenvalue weighted by Crippen LogP contribution is -2.15. The Labute approximate surface area is 83.8 Å². The predicted molar refractivity (Wildman–Crippen MR) is 56.0 cm³/mol. The minimum Gasteiger partial charge on any atom is -0.368 e. The Bertz CT molecular complexity index is 365. The van der Waals surface area contributed by atoms with Crippen molar-refractivity contribution in [3.63, 3.8) is 0 Å².